The third-order valence-corrected chi connectivity index (χ3v) is 8.42. The van der Waals surface area contributed by atoms with Crippen LogP contribution in [0.1, 0.15) is 36.6 Å². The number of ether oxygens (including phenoxy) is 4. The first-order valence-corrected chi connectivity index (χ1v) is 15.2. The first-order valence-electron chi connectivity index (χ1n) is 13.3. The molecule has 0 fully saturated rings. The molecule has 10 heteroatoms. The average Bonchev–Trinajstić information content (AvgIpc) is 3.31. The summed E-state index contributed by atoms with van der Waals surface area (Å²) < 4.78 is 25.1. The zero-order valence-corrected chi connectivity index (χ0v) is 26.5. The Hall–Kier alpha value is -3.90. The van der Waals surface area contributed by atoms with E-state index in [1.54, 1.807) is 31.8 Å². The van der Waals surface area contributed by atoms with E-state index in [0.717, 1.165) is 20.3 Å². The fourth-order valence-electron chi connectivity index (χ4n) is 4.84. The van der Waals surface area contributed by atoms with Crippen molar-refractivity contribution in [1.29, 1.82) is 0 Å². The monoisotopic (exact) mass is 696 g/mol. The normalized spacial score (nSPS) is 14.7. The summed E-state index contributed by atoms with van der Waals surface area (Å²) in [5.74, 6) is 1.36. The van der Waals surface area contributed by atoms with E-state index in [2.05, 4.69) is 22.6 Å². The lowest BCUT2D eigenvalue weighted by Gasteiger charge is -2.26. The van der Waals surface area contributed by atoms with Gasteiger partial charge in [0.2, 0.25) is 0 Å². The van der Waals surface area contributed by atoms with Crippen LogP contribution in [0.15, 0.2) is 82.1 Å². The number of rotatable bonds is 9. The zero-order chi connectivity index (χ0) is 29.8. The molecule has 5 rings (SSSR count). The highest BCUT2D eigenvalue weighted by molar-refractivity contribution is 14.1. The SMILES string of the molecule is CCOC(=O)C1=C(c2ccccc2)N=c2s/c(=C\c3cc(I)c(OC)c(OC)c3)c(=O)n2[C@@H]1c1ccc(OCC)cc1. The second kappa shape index (κ2) is 13.0. The summed E-state index contributed by atoms with van der Waals surface area (Å²) in [5.41, 5.74) is 2.76. The molecule has 3 aromatic carbocycles. The number of hydrogen-bond donors (Lipinski definition) is 0. The van der Waals surface area contributed by atoms with Crippen LogP contribution >= 0.6 is 33.9 Å². The second-order valence-electron chi connectivity index (χ2n) is 9.17. The first-order chi connectivity index (χ1) is 20.4. The minimum atomic E-state index is -0.765. The number of halogens is 1. The van der Waals surface area contributed by atoms with E-state index < -0.39 is 12.0 Å². The Morgan fingerprint density at radius 3 is 2.40 bits per heavy atom. The zero-order valence-electron chi connectivity index (χ0n) is 23.5. The summed E-state index contributed by atoms with van der Waals surface area (Å²) >= 11 is 3.44. The summed E-state index contributed by atoms with van der Waals surface area (Å²) in [6.45, 7) is 4.38. The molecule has 0 spiro atoms. The van der Waals surface area contributed by atoms with Crippen molar-refractivity contribution in [3.05, 3.63) is 112 Å². The number of methoxy groups -OCH3 is 2. The van der Waals surface area contributed by atoms with E-state index in [1.165, 1.54) is 11.3 Å². The number of thiazole rings is 1. The van der Waals surface area contributed by atoms with Gasteiger partial charge in [-0.2, -0.15) is 0 Å². The maximum atomic E-state index is 14.1. The molecule has 1 atom stereocenters. The highest BCUT2D eigenvalue weighted by Gasteiger charge is 2.35. The van der Waals surface area contributed by atoms with E-state index in [0.29, 0.717) is 44.5 Å². The van der Waals surface area contributed by atoms with Crippen molar-refractivity contribution in [2.75, 3.05) is 27.4 Å². The van der Waals surface area contributed by atoms with E-state index in [1.807, 2.05) is 73.7 Å². The Labute approximate surface area is 260 Å². The maximum Gasteiger partial charge on any atom is 0.338 e. The molecule has 0 bridgehead atoms. The standard InChI is InChI=1S/C32H29IN2O6S/c1-5-40-22-14-12-21(13-15-22)28-26(31(37)41-6-2)27(20-10-8-7-9-11-20)34-32-35(28)30(36)25(42-32)18-19-16-23(33)29(39-4)24(17-19)38-3/h7-18,28H,5-6H2,1-4H3/b25-18-/t28-/m1/s1. The molecule has 0 N–H and O–H groups in total. The van der Waals surface area contributed by atoms with E-state index in [4.69, 9.17) is 23.9 Å². The first kappa shape index (κ1) is 29.6. The van der Waals surface area contributed by atoms with Gasteiger partial charge in [-0.05, 0) is 77.9 Å². The van der Waals surface area contributed by atoms with Crippen LogP contribution in [0.4, 0.5) is 0 Å². The summed E-state index contributed by atoms with van der Waals surface area (Å²) in [4.78, 5) is 33.1. The lowest BCUT2D eigenvalue weighted by molar-refractivity contribution is -0.138. The summed E-state index contributed by atoms with van der Waals surface area (Å²) in [6.07, 6.45) is 1.80. The Morgan fingerprint density at radius 1 is 1.02 bits per heavy atom. The van der Waals surface area contributed by atoms with Crippen LogP contribution < -0.4 is 29.1 Å². The predicted molar refractivity (Wildman–Crippen MR) is 171 cm³/mol. The van der Waals surface area contributed by atoms with Crippen LogP contribution in [0.5, 0.6) is 17.2 Å². The third-order valence-electron chi connectivity index (χ3n) is 6.63. The van der Waals surface area contributed by atoms with Crippen molar-refractivity contribution in [2.45, 2.75) is 19.9 Å². The summed E-state index contributed by atoms with van der Waals surface area (Å²) in [6, 6.07) is 19.9. The minimum absolute atomic E-state index is 0.183. The van der Waals surface area contributed by atoms with Gasteiger partial charge < -0.3 is 18.9 Å². The Bertz CT molecular complexity index is 1830. The van der Waals surface area contributed by atoms with E-state index >= 15 is 0 Å². The van der Waals surface area contributed by atoms with Gasteiger partial charge in [-0.25, -0.2) is 9.79 Å². The highest BCUT2D eigenvalue weighted by Crippen LogP contribution is 2.36. The van der Waals surface area contributed by atoms with Crippen LogP contribution in [-0.4, -0.2) is 38.0 Å². The molecule has 1 aliphatic rings. The molecular weight excluding hydrogens is 667 g/mol. The van der Waals surface area contributed by atoms with Crippen LogP contribution in [-0.2, 0) is 9.53 Å². The molecule has 0 saturated heterocycles. The van der Waals surface area contributed by atoms with Crippen molar-refractivity contribution in [3.8, 4) is 17.2 Å². The molecule has 4 aromatic rings. The van der Waals surface area contributed by atoms with Crippen molar-refractivity contribution >= 4 is 51.7 Å². The van der Waals surface area contributed by atoms with Gasteiger partial charge in [0, 0.05) is 5.56 Å². The number of nitrogens with zero attached hydrogens (tertiary/aromatic N) is 2. The molecular formula is C32H29IN2O6S. The topological polar surface area (TPSA) is 88.4 Å². The van der Waals surface area contributed by atoms with Crippen LogP contribution in [0, 0.1) is 3.57 Å². The number of hydrogen-bond acceptors (Lipinski definition) is 8. The van der Waals surface area contributed by atoms with Crippen LogP contribution in [0.2, 0.25) is 0 Å². The molecule has 1 aromatic heterocycles. The number of benzene rings is 3. The van der Waals surface area contributed by atoms with Gasteiger partial charge in [-0.3, -0.25) is 9.36 Å². The highest BCUT2D eigenvalue weighted by atomic mass is 127. The molecule has 0 radical (unpaired) electrons. The van der Waals surface area contributed by atoms with Crippen molar-refractivity contribution in [3.63, 3.8) is 0 Å². The number of carbonyl (C=O) groups excluding carboxylic acids is 1. The fraction of sp³-hybridized carbons (Fsp3) is 0.219. The molecule has 42 heavy (non-hydrogen) atoms. The molecule has 2 heterocycles. The van der Waals surface area contributed by atoms with Gasteiger partial charge in [0.15, 0.2) is 16.3 Å². The van der Waals surface area contributed by atoms with Gasteiger partial charge in [0.25, 0.3) is 5.56 Å². The van der Waals surface area contributed by atoms with Gasteiger partial charge in [-0.1, -0.05) is 53.8 Å². The number of carbonyl (C=O) groups is 1. The minimum Gasteiger partial charge on any atom is -0.494 e. The van der Waals surface area contributed by atoms with Crippen molar-refractivity contribution < 1.29 is 23.7 Å². The van der Waals surface area contributed by atoms with Gasteiger partial charge >= 0.3 is 5.97 Å². The lowest BCUT2D eigenvalue weighted by atomic mass is 9.93. The van der Waals surface area contributed by atoms with Gasteiger partial charge in [0.1, 0.15) is 5.75 Å². The maximum absolute atomic E-state index is 14.1. The predicted octanol–water partition coefficient (Wildman–Crippen LogP) is 4.96. The number of fused-ring (bicyclic) bond motifs is 1. The number of aromatic nitrogens is 1. The summed E-state index contributed by atoms with van der Waals surface area (Å²) in [5, 5.41) is 0. The Kier molecular flexibility index (Phi) is 9.12. The smallest absolute Gasteiger partial charge is 0.338 e. The van der Waals surface area contributed by atoms with Crippen molar-refractivity contribution in [2.24, 2.45) is 4.99 Å². The molecule has 216 valence electrons. The van der Waals surface area contributed by atoms with Crippen molar-refractivity contribution in [1.82, 2.24) is 4.57 Å². The third kappa shape index (κ3) is 5.73. The Morgan fingerprint density at radius 2 is 1.76 bits per heavy atom. The molecule has 1 aliphatic heterocycles. The number of esters is 1. The van der Waals surface area contributed by atoms with Crippen LogP contribution in [0.3, 0.4) is 0 Å². The largest absolute Gasteiger partial charge is 0.494 e. The summed E-state index contributed by atoms with van der Waals surface area (Å²) in [7, 11) is 3.16. The quantitative estimate of drug-likeness (QED) is 0.182. The molecule has 0 saturated carbocycles. The van der Waals surface area contributed by atoms with Gasteiger partial charge in [0.05, 0.1) is 52.8 Å². The lowest BCUT2D eigenvalue weighted by Crippen LogP contribution is -2.40. The Balaban J connectivity index is 1.79. The molecule has 8 nitrogen and oxygen atoms in total. The van der Waals surface area contributed by atoms with E-state index in [-0.39, 0.29) is 12.2 Å². The van der Waals surface area contributed by atoms with Gasteiger partial charge in [-0.15, -0.1) is 0 Å². The second-order valence-corrected chi connectivity index (χ2v) is 11.3. The van der Waals surface area contributed by atoms with E-state index in [9.17, 15) is 9.59 Å². The average molecular weight is 697 g/mol. The molecule has 0 aliphatic carbocycles. The molecule has 0 amide bonds. The molecule has 0 unspecified atom stereocenters. The van der Waals surface area contributed by atoms with Crippen LogP contribution in [0.25, 0.3) is 11.8 Å². The fourth-order valence-corrected chi connectivity index (χ4v) is 6.69.